The third-order valence-electron chi connectivity index (χ3n) is 9.92. The number of nitrogens with one attached hydrogen (secondary N) is 1. The van der Waals surface area contributed by atoms with Gasteiger partial charge in [0.05, 0.1) is 10.1 Å². The number of aryl methyl sites for hydroxylation is 2. The first-order chi connectivity index (χ1) is 19.4. The van der Waals surface area contributed by atoms with Crippen molar-refractivity contribution in [1.29, 1.82) is 0 Å². The molecular weight excluding hydrogens is 516 g/mol. The Bertz CT molecular complexity index is 1670. The molecule has 7 heteroatoms. The van der Waals surface area contributed by atoms with E-state index >= 15 is 0 Å². The number of aromatic amines is 1. The van der Waals surface area contributed by atoms with Crippen molar-refractivity contribution in [3.8, 4) is 22.4 Å². The van der Waals surface area contributed by atoms with Gasteiger partial charge in [-0.15, -0.1) is 0 Å². The molecule has 0 amide bonds. The standard InChI is InChI=1S/C33H38N4O2S/c1-3-33(37-18-4-5-22(37)2)16-14-23-6-7-25(19-26(23)15-17-33)27-20-30-31(35-36-32(30)34-21-27)24-8-10-28(11-9-24)40(38,39)29-12-13-29/h6-11,19-22,29H,3-5,12-18H2,1-2H3,(H,34,35,36)/t22-,33?/m1/s1. The van der Waals surface area contributed by atoms with Crippen LogP contribution in [0.3, 0.4) is 0 Å². The normalized spacial score (nSPS) is 23.8. The van der Waals surface area contributed by atoms with Crippen molar-refractivity contribution in [2.45, 2.75) is 93.4 Å². The number of rotatable bonds is 6. The van der Waals surface area contributed by atoms with Crippen LogP contribution >= 0.6 is 0 Å². The van der Waals surface area contributed by atoms with E-state index in [9.17, 15) is 8.42 Å². The Morgan fingerprint density at radius 1 is 0.950 bits per heavy atom. The Kier molecular flexibility index (Phi) is 6.35. The van der Waals surface area contributed by atoms with Crippen LogP contribution in [0.5, 0.6) is 0 Å². The first-order valence-electron chi connectivity index (χ1n) is 15.0. The molecule has 7 rings (SSSR count). The quantitative estimate of drug-likeness (QED) is 0.267. The van der Waals surface area contributed by atoms with Crippen molar-refractivity contribution >= 4 is 20.9 Å². The van der Waals surface area contributed by atoms with Crippen LogP contribution < -0.4 is 0 Å². The van der Waals surface area contributed by atoms with Gasteiger partial charge in [0.15, 0.2) is 15.5 Å². The fourth-order valence-electron chi connectivity index (χ4n) is 7.28. The second kappa shape index (κ2) is 9.81. The van der Waals surface area contributed by atoms with E-state index in [1.807, 2.05) is 18.3 Å². The lowest BCUT2D eigenvalue weighted by molar-refractivity contribution is 0.0613. The van der Waals surface area contributed by atoms with E-state index in [4.69, 9.17) is 4.98 Å². The zero-order valence-corrected chi connectivity index (χ0v) is 24.3. The number of hydrogen-bond donors (Lipinski definition) is 1. The van der Waals surface area contributed by atoms with Gasteiger partial charge in [0.2, 0.25) is 0 Å². The highest BCUT2D eigenvalue weighted by molar-refractivity contribution is 7.92. The molecule has 208 valence electrons. The van der Waals surface area contributed by atoms with E-state index in [0.29, 0.717) is 16.5 Å². The SMILES string of the molecule is CCC1(N2CCC[C@H]2C)CCc2ccc(-c3cnc4[nH]nc(-c5ccc(S(=O)(=O)C6CC6)cc5)c4c3)cc2CC1. The predicted molar refractivity (Wildman–Crippen MR) is 160 cm³/mol. The van der Waals surface area contributed by atoms with Crippen LogP contribution in [0.25, 0.3) is 33.4 Å². The summed E-state index contributed by atoms with van der Waals surface area (Å²) in [6, 6.07) is 17.0. The van der Waals surface area contributed by atoms with Crippen LogP contribution in [0.4, 0.5) is 0 Å². The third-order valence-corrected chi connectivity index (χ3v) is 12.2. The molecule has 1 N–H and O–H groups in total. The van der Waals surface area contributed by atoms with Crippen LogP contribution in [0.2, 0.25) is 0 Å². The summed E-state index contributed by atoms with van der Waals surface area (Å²) >= 11 is 0. The van der Waals surface area contributed by atoms with Crippen LogP contribution in [0.1, 0.15) is 69.9 Å². The fraction of sp³-hybridized carbons (Fsp3) is 0.455. The van der Waals surface area contributed by atoms with Crippen LogP contribution in [0.15, 0.2) is 59.6 Å². The summed E-state index contributed by atoms with van der Waals surface area (Å²) in [5.74, 6) is 0. The molecular formula is C33H38N4O2S. The van der Waals surface area contributed by atoms with E-state index in [1.165, 1.54) is 55.3 Å². The van der Waals surface area contributed by atoms with Crippen LogP contribution in [0, 0.1) is 0 Å². The molecule has 2 aromatic heterocycles. The van der Waals surface area contributed by atoms with E-state index in [0.717, 1.165) is 53.5 Å². The number of nitrogens with zero attached hydrogens (tertiary/aromatic N) is 3. The number of H-pyrrole nitrogens is 1. The lowest BCUT2D eigenvalue weighted by Gasteiger charge is -2.44. The number of aromatic nitrogens is 3. The number of pyridine rings is 1. The minimum Gasteiger partial charge on any atom is -0.295 e. The molecule has 2 fully saturated rings. The molecule has 1 saturated carbocycles. The summed E-state index contributed by atoms with van der Waals surface area (Å²) in [7, 11) is -3.21. The van der Waals surface area contributed by atoms with Crippen LogP contribution in [-0.2, 0) is 22.7 Å². The van der Waals surface area contributed by atoms with Crippen molar-refractivity contribution in [3.05, 3.63) is 65.9 Å². The maximum absolute atomic E-state index is 12.6. The van der Waals surface area contributed by atoms with Gasteiger partial charge in [0.1, 0.15) is 5.69 Å². The topological polar surface area (TPSA) is 79.0 Å². The molecule has 3 heterocycles. The van der Waals surface area contributed by atoms with Crippen LogP contribution in [-0.4, -0.2) is 51.9 Å². The van der Waals surface area contributed by atoms with E-state index in [-0.39, 0.29) is 5.25 Å². The average molecular weight is 555 g/mol. The summed E-state index contributed by atoms with van der Waals surface area (Å²) in [6.45, 7) is 6.04. The largest absolute Gasteiger partial charge is 0.295 e. The van der Waals surface area contributed by atoms with Crippen molar-refractivity contribution in [2.24, 2.45) is 0 Å². The zero-order valence-electron chi connectivity index (χ0n) is 23.5. The van der Waals surface area contributed by atoms with Crippen molar-refractivity contribution < 1.29 is 8.42 Å². The Balaban J connectivity index is 1.18. The highest BCUT2D eigenvalue weighted by Crippen LogP contribution is 2.40. The van der Waals surface area contributed by atoms with Gasteiger partial charge in [-0.3, -0.25) is 10.00 Å². The van der Waals surface area contributed by atoms with Crippen molar-refractivity contribution in [3.63, 3.8) is 0 Å². The number of fused-ring (bicyclic) bond motifs is 2. The van der Waals surface area contributed by atoms with Gasteiger partial charge in [0.25, 0.3) is 0 Å². The lowest BCUT2D eigenvalue weighted by Crippen LogP contribution is -2.50. The minimum absolute atomic E-state index is 0.209. The molecule has 0 bridgehead atoms. The second-order valence-corrected chi connectivity index (χ2v) is 14.4. The maximum atomic E-state index is 12.6. The van der Waals surface area contributed by atoms with Gasteiger partial charge in [-0.25, -0.2) is 13.4 Å². The zero-order chi connectivity index (χ0) is 27.5. The Labute approximate surface area is 237 Å². The molecule has 2 atom stereocenters. The smallest absolute Gasteiger partial charge is 0.181 e. The Morgan fingerprint density at radius 3 is 2.40 bits per heavy atom. The first-order valence-corrected chi connectivity index (χ1v) is 16.5. The second-order valence-electron chi connectivity index (χ2n) is 12.2. The molecule has 1 unspecified atom stereocenters. The number of sulfone groups is 1. The molecule has 1 saturated heterocycles. The average Bonchev–Trinajstić information content (AvgIpc) is 3.68. The van der Waals surface area contributed by atoms with Gasteiger partial charge < -0.3 is 0 Å². The highest BCUT2D eigenvalue weighted by atomic mass is 32.2. The summed E-state index contributed by atoms with van der Waals surface area (Å²) in [5.41, 5.74) is 7.94. The Morgan fingerprint density at radius 2 is 1.70 bits per heavy atom. The molecule has 1 aliphatic heterocycles. The number of benzene rings is 2. The summed E-state index contributed by atoms with van der Waals surface area (Å²) in [6.07, 6.45) is 12.1. The number of hydrogen-bond acceptors (Lipinski definition) is 5. The Hall–Kier alpha value is -3.03. The van der Waals surface area contributed by atoms with E-state index in [1.54, 1.807) is 12.1 Å². The van der Waals surface area contributed by atoms with E-state index < -0.39 is 9.84 Å². The summed E-state index contributed by atoms with van der Waals surface area (Å²) in [4.78, 5) is 7.92. The predicted octanol–water partition coefficient (Wildman–Crippen LogP) is 6.74. The van der Waals surface area contributed by atoms with Gasteiger partial charge >= 0.3 is 0 Å². The van der Waals surface area contributed by atoms with Crippen molar-refractivity contribution in [2.75, 3.05) is 6.54 Å². The fourth-order valence-corrected chi connectivity index (χ4v) is 8.94. The maximum Gasteiger partial charge on any atom is 0.181 e. The number of likely N-dealkylation sites (tertiary alicyclic amines) is 1. The minimum atomic E-state index is -3.21. The summed E-state index contributed by atoms with van der Waals surface area (Å²) in [5, 5.41) is 8.34. The monoisotopic (exact) mass is 554 g/mol. The highest BCUT2D eigenvalue weighted by Gasteiger charge is 2.40. The molecule has 6 nitrogen and oxygen atoms in total. The molecule has 40 heavy (non-hydrogen) atoms. The van der Waals surface area contributed by atoms with Crippen molar-refractivity contribution in [1.82, 2.24) is 20.1 Å². The van der Waals surface area contributed by atoms with E-state index in [2.05, 4.69) is 53.2 Å². The molecule has 0 radical (unpaired) electrons. The van der Waals surface area contributed by atoms with Gasteiger partial charge in [-0.1, -0.05) is 37.3 Å². The molecule has 0 spiro atoms. The van der Waals surface area contributed by atoms with Gasteiger partial charge in [-0.2, -0.15) is 5.10 Å². The molecule has 2 aliphatic carbocycles. The molecule has 2 aromatic carbocycles. The van der Waals surface area contributed by atoms with Gasteiger partial charge in [-0.05, 0) is 106 Å². The lowest BCUT2D eigenvalue weighted by atomic mass is 9.84. The summed E-state index contributed by atoms with van der Waals surface area (Å²) < 4.78 is 25.3. The molecule has 4 aromatic rings. The van der Waals surface area contributed by atoms with Gasteiger partial charge in [0, 0.05) is 34.3 Å². The molecule has 3 aliphatic rings. The first kappa shape index (κ1) is 25.9. The third kappa shape index (κ3) is 4.38.